The molecule has 1 saturated carbocycles. The number of aliphatic imine (C=N–C) groups is 1. The van der Waals surface area contributed by atoms with Gasteiger partial charge in [0.1, 0.15) is 12.9 Å². The number of hydrogen-bond acceptors (Lipinski definition) is 3. The second-order valence-electron chi connectivity index (χ2n) is 5.07. The lowest BCUT2D eigenvalue weighted by Gasteiger charge is -2.16. The number of aryl methyl sites for hydroxylation is 1. The molecule has 1 aromatic heterocycles. The molecule has 20 heavy (non-hydrogen) atoms. The van der Waals surface area contributed by atoms with Crippen molar-refractivity contribution in [1.82, 2.24) is 20.1 Å². The van der Waals surface area contributed by atoms with Gasteiger partial charge in [0.05, 0.1) is 0 Å². The van der Waals surface area contributed by atoms with Crippen LogP contribution in [-0.2, 0) is 13.1 Å². The van der Waals surface area contributed by atoms with E-state index < -0.39 is 0 Å². The molecule has 0 bridgehead atoms. The van der Waals surface area contributed by atoms with Crippen molar-refractivity contribution >= 4 is 29.9 Å². The van der Waals surface area contributed by atoms with E-state index in [0.29, 0.717) is 18.5 Å². The summed E-state index contributed by atoms with van der Waals surface area (Å²) in [5, 5.41) is 11.3. The molecule has 1 aliphatic rings. The fourth-order valence-electron chi connectivity index (χ4n) is 2.50. The average molecular weight is 392 g/mol. The van der Waals surface area contributed by atoms with Crippen molar-refractivity contribution in [3.05, 3.63) is 12.2 Å². The number of guanidine groups is 1. The number of nitrogens with zero attached hydrogens (tertiary/aromatic N) is 4. The monoisotopic (exact) mass is 392 g/mol. The largest absolute Gasteiger partial charge is 0.370 e. The van der Waals surface area contributed by atoms with Gasteiger partial charge in [-0.2, -0.15) is 0 Å². The van der Waals surface area contributed by atoms with Crippen molar-refractivity contribution < 1.29 is 0 Å². The summed E-state index contributed by atoms with van der Waals surface area (Å²) in [4.78, 5) is 4.36. The van der Waals surface area contributed by atoms with Gasteiger partial charge in [-0.25, -0.2) is 4.99 Å². The van der Waals surface area contributed by atoms with Crippen molar-refractivity contribution in [1.29, 1.82) is 0 Å². The molecule has 1 aliphatic carbocycles. The molecule has 7 heteroatoms. The van der Waals surface area contributed by atoms with Crippen molar-refractivity contribution in [3.63, 3.8) is 0 Å². The summed E-state index contributed by atoms with van der Waals surface area (Å²) in [7, 11) is 0. The Bertz CT molecular complexity index is 409. The van der Waals surface area contributed by atoms with E-state index in [9.17, 15) is 0 Å². The van der Waals surface area contributed by atoms with E-state index in [-0.39, 0.29) is 24.0 Å². The topological polar surface area (TPSA) is 81.1 Å². The maximum absolute atomic E-state index is 5.95. The minimum atomic E-state index is 0. The summed E-state index contributed by atoms with van der Waals surface area (Å²) in [6.07, 6.45) is 9.37. The molecule has 1 heterocycles. The highest BCUT2D eigenvalue weighted by molar-refractivity contribution is 14.0. The molecule has 0 saturated heterocycles. The Labute approximate surface area is 137 Å². The van der Waals surface area contributed by atoms with Gasteiger partial charge >= 0.3 is 0 Å². The highest BCUT2D eigenvalue weighted by Gasteiger charge is 2.12. The number of rotatable bonds is 4. The first-order valence-corrected chi connectivity index (χ1v) is 7.22. The van der Waals surface area contributed by atoms with E-state index in [2.05, 4.69) is 27.4 Å². The van der Waals surface area contributed by atoms with Crippen LogP contribution in [0.5, 0.6) is 0 Å². The molecule has 3 N–H and O–H groups in total. The average Bonchev–Trinajstić information content (AvgIpc) is 2.72. The molecule has 0 aromatic carbocycles. The molecule has 6 nitrogen and oxygen atoms in total. The van der Waals surface area contributed by atoms with Crippen molar-refractivity contribution in [3.8, 4) is 0 Å². The molecule has 0 atom stereocenters. The van der Waals surface area contributed by atoms with E-state index in [4.69, 9.17) is 5.73 Å². The molecule has 0 unspecified atom stereocenters. The molecule has 0 radical (unpaired) electrons. The van der Waals surface area contributed by atoms with Crippen LogP contribution in [0, 0.1) is 0 Å². The standard InChI is InChI=1S/C13H24N6.HI/c1-2-19-10-16-18-12(19)9-15-13(14)17-11-7-5-3-4-6-8-11;/h10-11H,2-9H2,1H3,(H3,14,15,17);1H. The molecule has 1 fully saturated rings. The van der Waals surface area contributed by atoms with Crippen LogP contribution in [0.2, 0.25) is 0 Å². The Kier molecular flexibility index (Phi) is 7.86. The number of nitrogens with two attached hydrogens (primary N) is 1. The van der Waals surface area contributed by atoms with E-state index >= 15 is 0 Å². The quantitative estimate of drug-likeness (QED) is 0.356. The lowest BCUT2D eigenvalue weighted by atomic mass is 10.1. The Morgan fingerprint density at radius 2 is 2.10 bits per heavy atom. The summed E-state index contributed by atoms with van der Waals surface area (Å²) in [6, 6.07) is 0.482. The first kappa shape index (κ1) is 17.2. The first-order chi connectivity index (χ1) is 9.29. The Morgan fingerprint density at radius 3 is 2.75 bits per heavy atom. The second-order valence-corrected chi connectivity index (χ2v) is 5.07. The fraction of sp³-hybridized carbons (Fsp3) is 0.769. The van der Waals surface area contributed by atoms with Gasteiger partial charge in [-0.3, -0.25) is 0 Å². The van der Waals surface area contributed by atoms with Gasteiger partial charge in [0, 0.05) is 12.6 Å². The van der Waals surface area contributed by atoms with Gasteiger partial charge in [-0.15, -0.1) is 34.2 Å². The minimum absolute atomic E-state index is 0. The van der Waals surface area contributed by atoms with Crippen LogP contribution in [0.25, 0.3) is 0 Å². The zero-order chi connectivity index (χ0) is 13.5. The third kappa shape index (κ3) is 5.26. The SMILES string of the molecule is CCn1cnnc1CN=C(N)NC1CCCCCC1.I. The number of aromatic nitrogens is 3. The normalized spacial score (nSPS) is 17.4. The number of halogens is 1. The third-order valence-electron chi connectivity index (χ3n) is 3.63. The predicted octanol–water partition coefficient (Wildman–Crippen LogP) is 2.04. The summed E-state index contributed by atoms with van der Waals surface area (Å²) >= 11 is 0. The summed E-state index contributed by atoms with van der Waals surface area (Å²) in [5.41, 5.74) is 5.95. The fourth-order valence-corrected chi connectivity index (χ4v) is 2.50. The minimum Gasteiger partial charge on any atom is -0.370 e. The van der Waals surface area contributed by atoms with Crippen LogP contribution >= 0.6 is 24.0 Å². The molecular weight excluding hydrogens is 367 g/mol. The second kappa shape index (κ2) is 9.15. The lowest BCUT2D eigenvalue weighted by Crippen LogP contribution is -2.39. The van der Waals surface area contributed by atoms with E-state index in [1.54, 1.807) is 6.33 Å². The zero-order valence-electron chi connectivity index (χ0n) is 12.1. The highest BCUT2D eigenvalue weighted by atomic mass is 127. The van der Waals surface area contributed by atoms with Crippen molar-refractivity contribution in [2.24, 2.45) is 10.7 Å². The Hall–Kier alpha value is -0.860. The summed E-state index contributed by atoms with van der Waals surface area (Å²) in [6.45, 7) is 3.40. The van der Waals surface area contributed by atoms with Crippen LogP contribution < -0.4 is 11.1 Å². The van der Waals surface area contributed by atoms with Crippen molar-refractivity contribution in [2.45, 2.75) is 64.6 Å². The van der Waals surface area contributed by atoms with Crippen molar-refractivity contribution in [2.75, 3.05) is 0 Å². The molecule has 0 spiro atoms. The highest BCUT2D eigenvalue weighted by Crippen LogP contribution is 2.16. The molecule has 114 valence electrons. The first-order valence-electron chi connectivity index (χ1n) is 7.22. The van der Waals surface area contributed by atoms with Crippen LogP contribution in [-0.4, -0.2) is 26.8 Å². The molecule has 0 aliphatic heterocycles. The molecule has 0 amide bonds. The third-order valence-corrected chi connectivity index (χ3v) is 3.63. The van der Waals surface area contributed by atoms with Gasteiger partial charge < -0.3 is 15.6 Å². The molecule has 2 rings (SSSR count). The van der Waals surface area contributed by atoms with Crippen LogP contribution in [0.4, 0.5) is 0 Å². The van der Waals surface area contributed by atoms with Gasteiger partial charge in [0.15, 0.2) is 11.8 Å². The number of nitrogens with one attached hydrogen (secondary N) is 1. The van der Waals surface area contributed by atoms with Crippen LogP contribution in [0.3, 0.4) is 0 Å². The van der Waals surface area contributed by atoms with E-state index in [1.165, 1.54) is 38.5 Å². The number of hydrogen-bond donors (Lipinski definition) is 2. The van der Waals surface area contributed by atoms with Gasteiger partial charge in [0.25, 0.3) is 0 Å². The smallest absolute Gasteiger partial charge is 0.189 e. The van der Waals surface area contributed by atoms with E-state index in [1.807, 2.05) is 4.57 Å². The predicted molar refractivity (Wildman–Crippen MR) is 91.1 cm³/mol. The van der Waals surface area contributed by atoms with Gasteiger partial charge in [-0.05, 0) is 19.8 Å². The van der Waals surface area contributed by atoms with E-state index in [0.717, 1.165) is 12.4 Å². The van der Waals surface area contributed by atoms with Gasteiger partial charge in [0.2, 0.25) is 0 Å². The summed E-state index contributed by atoms with van der Waals surface area (Å²) < 4.78 is 1.97. The zero-order valence-corrected chi connectivity index (χ0v) is 14.4. The maximum atomic E-state index is 5.95. The molecular formula is C13H25IN6. The van der Waals surface area contributed by atoms with Crippen LogP contribution in [0.15, 0.2) is 11.3 Å². The molecule has 1 aromatic rings. The van der Waals surface area contributed by atoms with Gasteiger partial charge in [-0.1, -0.05) is 25.7 Å². The Morgan fingerprint density at radius 1 is 1.40 bits per heavy atom. The summed E-state index contributed by atoms with van der Waals surface area (Å²) in [5.74, 6) is 1.38. The van der Waals surface area contributed by atoms with Crippen LogP contribution in [0.1, 0.15) is 51.3 Å². The Balaban J connectivity index is 0.00000200. The maximum Gasteiger partial charge on any atom is 0.189 e. The lowest BCUT2D eigenvalue weighted by molar-refractivity contribution is 0.529.